The van der Waals surface area contributed by atoms with Crippen LogP contribution in [0, 0.1) is 6.92 Å². The van der Waals surface area contributed by atoms with Gasteiger partial charge in [-0.1, -0.05) is 22.2 Å². The molecule has 0 aliphatic carbocycles. The molecule has 51 heavy (non-hydrogen) atoms. The van der Waals surface area contributed by atoms with Gasteiger partial charge in [-0.3, -0.25) is 0 Å². The Morgan fingerprint density at radius 1 is 0.569 bits per heavy atom. The number of hydrogen-bond donors (Lipinski definition) is 4. The lowest BCUT2D eigenvalue weighted by atomic mass is 10.1. The van der Waals surface area contributed by atoms with Crippen LogP contribution in [0.4, 0.5) is 34.1 Å². The van der Waals surface area contributed by atoms with Gasteiger partial charge in [0.15, 0.2) is 5.75 Å². The Bertz CT molecular complexity index is 2290. The summed E-state index contributed by atoms with van der Waals surface area (Å²) in [7, 11) is 1.48. The summed E-state index contributed by atoms with van der Waals surface area (Å²) in [5, 5.41) is 74.2. The zero-order valence-corrected chi connectivity index (χ0v) is 28.2. The zero-order chi connectivity index (χ0) is 35.7. The number of aromatic hydroxyl groups is 2. The van der Waals surface area contributed by atoms with Crippen LogP contribution in [-0.4, -0.2) is 27.8 Å². The summed E-state index contributed by atoms with van der Waals surface area (Å²) in [5.74, 6) is 0.262. The third-order valence-corrected chi connectivity index (χ3v) is 8.50. The largest absolute Gasteiger partial charge is 0.508 e. The van der Waals surface area contributed by atoms with Gasteiger partial charge in [-0.05, 0) is 108 Å². The lowest BCUT2D eigenvalue weighted by Gasteiger charge is -2.10. The van der Waals surface area contributed by atoms with Crippen molar-refractivity contribution in [1.82, 2.24) is 0 Å². The van der Waals surface area contributed by atoms with Crippen LogP contribution in [-0.2, 0) is 18.7 Å². The van der Waals surface area contributed by atoms with Crippen LogP contribution in [0.15, 0.2) is 138 Å². The van der Waals surface area contributed by atoms with Gasteiger partial charge in [0.05, 0.1) is 58.8 Å². The van der Waals surface area contributed by atoms with E-state index in [-0.39, 0.29) is 22.1 Å². The quantitative estimate of drug-likeness (QED) is 0.0381. The van der Waals surface area contributed by atoms with Crippen LogP contribution in [0.3, 0.4) is 0 Å². The molecule has 0 bridgehead atoms. The molecule has 0 saturated carbocycles. The van der Waals surface area contributed by atoms with Crippen molar-refractivity contribution in [1.29, 1.82) is 0 Å². The molecule has 258 valence electrons. The van der Waals surface area contributed by atoms with Crippen molar-refractivity contribution >= 4 is 79.8 Å². The second kappa shape index (κ2) is 16.5. The van der Waals surface area contributed by atoms with Crippen molar-refractivity contribution in [2.24, 2.45) is 30.7 Å². The zero-order valence-electron chi connectivity index (χ0n) is 26.6. The Balaban J connectivity index is 1.26. The first kappa shape index (κ1) is 35.3. The van der Waals surface area contributed by atoms with E-state index >= 15 is 0 Å². The molecule has 6 aromatic rings. The van der Waals surface area contributed by atoms with Gasteiger partial charge < -0.3 is 14.9 Å². The first-order chi connectivity index (χ1) is 24.8. The van der Waals surface area contributed by atoms with Crippen LogP contribution in [0.1, 0.15) is 5.56 Å². The highest BCUT2D eigenvalue weighted by atomic mass is 32.2. The van der Waals surface area contributed by atoms with E-state index in [1.165, 1.54) is 19.2 Å². The highest BCUT2D eigenvalue weighted by molar-refractivity contribution is 7.94. The van der Waals surface area contributed by atoms with Crippen LogP contribution < -0.4 is 4.74 Å². The molecule has 0 spiro atoms. The van der Waals surface area contributed by atoms with Crippen LogP contribution in [0.5, 0.6) is 17.2 Å². The van der Waals surface area contributed by atoms with E-state index in [1.807, 2.05) is 43.3 Å². The number of rotatable bonds is 13. The molecule has 0 saturated heterocycles. The Labute approximate surface area is 297 Å². The predicted octanol–water partition coefficient (Wildman–Crippen LogP) is 11.8. The Morgan fingerprint density at radius 3 is 1.96 bits per heavy atom. The van der Waals surface area contributed by atoms with E-state index in [1.54, 1.807) is 48.5 Å². The van der Waals surface area contributed by atoms with Crippen LogP contribution >= 0.6 is 24.1 Å². The second-order valence-corrected chi connectivity index (χ2v) is 12.1. The molecule has 4 N–H and O–H groups in total. The summed E-state index contributed by atoms with van der Waals surface area (Å²) in [6.45, 7) is 1.84. The van der Waals surface area contributed by atoms with Gasteiger partial charge in [0, 0.05) is 16.3 Å². The molecule has 0 heterocycles. The lowest BCUT2D eigenvalue weighted by molar-refractivity contribution is -0.432. The minimum atomic E-state index is -0.207. The van der Waals surface area contributed by atoms with Crippen molar-refractivity contribution in [2.45, 2.75) is 16.7 Å². The lowest BCUT2D eigenvalue weighted by Crippen LogP contribution is -1.86. The minimum absolute atomic E-state index is 0.0442. The van der Waals surface area contributed by atoms with Gasteiger partial charge >= 0.3 is 0 Å². The standard InChI is InChI=1S/C34H26N6O9S2/c1-19-13-30(31(45-2)18-29(19)38-37-24-5-3-21-16-27(50-48-46-43)11-4-20(21)14-24)39-40-33-32(51-49-47-44)17-22-15-25(8-12-28(22)34(33)42)36-35-23-6-9-26(41)10-7-23/h3-18,41-44H,1-2H3. The molecular formula is C34H26N6O9S2. The number of nitrogens with zero attached hydrogens (tertiary/aromatic N) is 6. The molecule has 15 nitrogen and oxygen atoms in total. The molecule has 0 radical (unpaired) electrons. The van der Waals surface area contributed by atoms with E-state index in [4.69, 9.17) is 15.3 Å². The van der Waals surface area contributed by atoms with Gasteiger partial charge in [-0.2, -0.15) is 20.5 Å². The van der Waals surface area contributed by atoms with Crippen molar-refractivity contribution < 1.29 is 44.2 Å². The van der Waals surface area contributed by atoms with E-state index in [0.717, 1.165) is 33.3 Å². The third-order valence-electron chi connectivity index (χ3n) is 7.30. The first-order valence-electron chi connectivity index (χ1n) is 14.7. The molecule has 0 unspecified atom stereocenters. The second-order valence-electron chi connectivity index (χ2n) is 10.5. The van der Waals surface area contributed by atoms with Crippen LogP contribution in [0.25, 0.3) is 21.5 Å². The average molecular weight is 727 g/mol. The fourth-order valence-electron chi connectivity index (χ4n) is 4.85. The molecule has 17 heteroatoms. The van der Waals surface area contributed by atoms with E-state index in [9.17, 15) is 10.2 Å². The number of fused-ring (bicyclic) bond motifs is 2. The molecule has 0 aliphatic rings. The SMILES string of the molecule is COc1cc(N=Nc2ccc3cc(SOOO)ccc3c2)c(C)cc1N=Nc1c(SOOO)cc2cc(N=Nc3ccc(O)cc3)ccc2c1O. The Hall–Kier alpha value is -5.50. The van der Waals surface area contributed by atoms with Gasteiger partial charge in [0.1, 0.15) is 22.9 Å². The number of ether oxygens (including phenoxy) is 1. The molecule has 0 aromatic heterocycles. The predicted molar refractivity (Wildman–Crippen MR) is 189 cm³/mol. The smallest absolute Gasteiger partial charge is 0.152 e. The fourth-order valence-corrected chi connectivity index (χ4v) is 5.76. The molecule has 0 amide bonds. The Morgan fingerprint density at radius 2 is 1.20 bits per heavy atom. The average Bonchev–Trinajstić information content (AvgIpc) is 3.15. The number of methoxy groups -OCH3 is 1. The fraction of sp³-hybridized carbons (Fsp3) is 0.0588. The summed E-state index contributed by atoms with van der Waals surface area (Å²) in [4.78, 5) is 1.01. The number of phenols is 2. The van der Waals surface area contributed by atoms with E-state index in [2.05, 4.69) is 49.4 Å². The maximum absolute atomic E-state index is 11.3. The normalized spacial score (nSPS) is 11.9. The van der Waals surface area contributed by atoms with Crippen molar-refractivity contribution in [3.05, 3.63) is 103 Å². The summed E-state index contributed by atoms with van der Waals surface area (Å²) in [5.41, 5.74) is 3.32. The van der Waals surface area contributed by atoms with Gasteiger partial charge in [-0.25, -0.2) is 10.5 Å². The van der Waals surface area contributed by atoms with E-state index < -0.39 is 0 Å². The molecule has 0 fully saturated rings. The minimum Gasteiger partial charge on any atom is -0.508 e. The van der Waals surface area contributed by atoms with Crippen molar-refractivity contribution in [3.63, 3.8) is 0 Å². The highest BCUT2D eigenvalue weighted by Gasteiger charge is 2.17. The maximum Gasteiger partial charge on any atom is 0.152 e. The van der Waals surface area contributed by atoms with Crippen LogP contribution in [0.2, 0.25) is 0 Å². The number of benzene rings is 6. The van der Waals surface area contributed by atoms with Gasteiger partial charge in [0.25, 0.3) is 0 Å². The highest BCUT2D eigenvalue weighted by Crippen LogP contribution is 2.46. The third kappa shape index (κ3) is 8.63. The Kier molecular flexibility index (Phi) is 11.4. The number of phenolic OH excluding ortho intramolecular Hbond substituents is 2. The number of hydrogen-bond acceptors (Lipinski definition) is 17. The molecule has 6 rings (SSSR count). The van der Waals surface area contributed by atoms with E-state index in [0.29, 0.717) is 57.0 Å². The van der Waals surface area contributed by atoms with Gasteiger partial charge in [0.2, 0.25) is 0 Å². The molecule has 0 atom stereocenters. The monoisotopic (exact) mass is 726 g/mol. The summed E-state index contributed by atoms with van der Waals surface area (Å²) >= 11 is 1.49. The molecule has 6 aromatic carbocycles. The summed E-state index contributed by atoms with van der Waals surface area (Å²) in [6, 6.07) is 27.5. The molecule has 0 aliphatic heterocycles. The maximum atomic E-state index is 11.3. The van der Waals surface area contributed by atoms with Gasteiger partial charge in [-0.15, -0.1) is 18.9 Å². The van der Waals surface area contributed by atoms with Crippen molar-refractivity contribution in [2.75, 3.05) is 7.11 Å². The number of aryl methyl sites for hydroxylation is 1. The molecular weight excluding hydrogens is 701 g/mol. The van der Waals surface area contributed by atoms with Crippen molar-refractivity contribution in [3.8, 4) is 17.2 Å². The summed E-state index contributed by atoms with van der Waals surface area (Å²) in [6.07, 6.45) is 0. The number of azo groups is 3. The topological polar surface area (TPSA) is 201 Å². The first-order valence-corrected chi connectivity index (χ1v) is 16.2. The summed E-state index contributed by atoms with van der Waals surface area (Å²) < 4.78 is 14.8.